The van der Waals surface area contributed by atoms with Gasteiger partial charge in [-0.05, 0) is 82.8 Å². The molecule has 1 N–H and O–H groups in total. The van der Waals surface area contributed by atoms with Gasteiger partial charge >= 0.3 is 0 Å². The third kappa shape index (κ3) is 3.16. The molecule has 0 aromatic heterocycles. The van der Waals surface area contributed by atoms with Crippen molar-refractivity contribution in [1.29, 1.82) is 0 Å². The van der Waals surface area contributed by atoms with Crippen LogP contribution in [0.15, 0.2) is 0 Å². The van der Waals surface area contributed by atoms with Gasteiger partial charge in [-0.3, -0.25) is 0 Å². The molecule has 0 aliphatic heterocycles. The quantitative estimate of drug-likeness (QED) is 0.793. The van der Waals surface area contributed by atoms with Crippen molar-refractivity contribution in [1.82, 2.24) is 10.2 Å². The van der Waals surface area contributed by atoms with Gasteiger partial charge in [0.15, 0.2) is 0 Å². The van der Waals surface area contributed by atoms with Gasteiger partial charge in [-0.15, -0.1) is 0 Å². The number of hydrogen-bond donors (Lipinski definition) is 1. The Balaban J connectivity index is 1.38. The lowest BCUT2D eigenvalue weighted by Crippen LogP contribution is -2.34. The normalized spacial score (nSPS) is 41.5. The van der Waals surface area contributed by atoms with Gasteiger partial charge in [0.25, 0.3) is 0 Å². The van der Waals surface area contributed by atoms with Crippen LogP contribution in [0.2, 0.25) is 0 Å². The maximum absolute atomic E-state index is 3.51. The van der Waals surface area contributed by atoms with E-state index in [1.54, 1.807) is 6.42 Å². The zero-order valence-corrected chi connectivity index (χ0v) is 12.9. The van der Waals surface area contributed by atoms with Gasteiger partial charge in [0.05, 0.1) is 0 Å². The molecule has 5 atom stereocenters. The molecule has 3 aliphatic carbocycles. The summed E-state index contributed by atoms with van der Waals surface area (Å²) >= 11 is 0. The van der Waals surface area contributed by atoms with Crippen LogP contribution in [0.5, 0.6) is 0 Å². The fraction of sp³-hybridized carbons (Fsp3) is 1.00. The zero-order chi connectivity index (χ0) is 13.2. The Morgan fingerprint density at radius 3 is 2.63 bits per heavy atom. The van der Waals surface area contributed by atoms with Gasteiger partial charge in [0.2, 0.25) is 0 Å². The molecule has 0 heterocycles. The van der Waals surface area contributed by atoms with E-state index in [4.69, 9.17) is 0 Å². The minimum atomic E-state index is 0.802. The number of nitrogens with one attached hydrogen (secondary N) is 1. The molecule has 0 amide bonds. The van der Waals surface area contributed by atoms with E-state index in [0.29, 0.717) is 0 Å². The summed E-state index contributed by atoms with van der Waals surface area (Å²) in [6.45, 7) is 2.69. The molecule has 0 radical (unpaired) electrons. The predicted molar refractivity (Wildman–Crippen MR) is 81.2 cm³/mol. The highest BCUT2D eigenvalue weighted by atomic mass is 15.1. The Bertz CT molecular complexity index is 291. The molecule has 0 saturated heterocycles. The van der Waals surface area contributed by atoms with Crippen LogP contribution >= 0.6 is 0 Å². The maximum Gasteiger partial charge on any atom is 0.00928 e. The summed E-state index contributed by atoms with van der Waals surface area (Å²) in [6, 6.07) is 0.802. The second-order valence-electron chi connectivity index (χ2n) is 7.57. The Labute approximate surface area is 119 Å². The van der Waals surface area contributed by atoms with Crippen molar-refractivity contribution in [2.45, 2.75) is 57.4 Å². The third-order valence-corrected chi connectivity index (χ3v) is 6.34. The van der Waals surface area contributed by atoms with Gasteiger partial charge in [0, 0.05) is 12.6 Å². The van der Waals surface area contributed by atoms with Crippen LogP contribution in [0, 0.1) is 23.7 Å². The van der Waals surface area contributed by atoms with Gasteiger partial charge in [-0.2, -0.15) is 0 Å². The fourth-order valence-electron chi connectivity index (χ4n) is 5.24. The molecule has 19 heavy (non-hydrogen) atoms. The smallest absolute Gasteiger partial charge is 0.00928 e. The monoisotopic (exact) mass is 264 g/mol. The van der Waals surface area contributed by atoms with Crippen molar-refractivity contribution in [3.63, 3.8) is 0 Å². The van der Waals surface area contributed by atoms with E-state index in [1.807, 2.05) is 0 Å². The summed E-state index contributed by atoms with van der Waals surface area (Å²) in [7, 11) is 4.50. The molecular weight excluding hydrogens is 232 g/mol. The average Bonchev–Trinajstić information content (AvgIpc) is 3.11. The summed E-state index contributed by atoms with van der Waals surface area (Å²) in [4.78, 5) is 2.64. The van der Waals surface area contributed by atoms with E-state index in [-0.39, 0.29) is 0 Å². The molecular formula is C17H32N2. The van der Waals surface area contributed by atoms with Crippen molar-refractivity contribution in [2.75, 3.05) is 27.2 Å². The average molecular weight is 264 g/mol. The molecule has 3 saturated carbocycles. The Kier molecular flexibility index (Phi) is 4.48. The van der Waals surface area contributed by atoms with Crippen molar-refractivity contribution in [2.24, 2.45) is 23.7 Å². The number of hydrogen-bond acceptors (Lipinski definition) is 2. The van der Waals surface area contributed by atoms with E-state index in [1.165, 1.54) is 58.0 Å². The van der Waals surface area contributed by atoms with E-state index < -0.39 is 0 Å². The van der Waals surface area contributed by atoms with Crippen LogP contribution in [0.25, 0.3) is 0 Å². The van der Waals surface area contributed by atoms with Gasteiger partial charge in [-0.1, -0.05) is 12.8 Å². The lowest BCUT2D eigenvalue weighted by atomic mass is 9.88. The van der Waals surface area contributed by atoms with E-state index in [9.17, 15) is 0 Å². The van der Waals surface area contributed by atoms with Gasteiger partial charge in [-0.25, -0.2) is 0 Å². The minimum absolute atomic E-state index is 0.802. The highest BCUT2D eigenvalue weighted by Gasteiger charge is 2.39. The lowest BCUT2D eigenvalue weighted by Gasteiger charge is -2.28. The largest absolute Gasteiger partial charge is 0.317 e. The molecule has 3 rings (SSSR count). The molecule has 3 fully saturated rings. The summed E-state index contributed by atoms with van der Waals surface area (Å²) < 4.78 is 0. The van der Waals surface area contributed by atoms with Gasteiger partial charge in [0.1, 0.15) is 0 Å². The van der Waals surface area contributed by atoms with E-state index in [0.717, 1.165) is 29.7 Å². The molecule has 5 unspecified atom stereocenters. The van der Waals surface area contributed by atoms with E-state index >= 15 is 0 Å². The molecule has 110 valence electrons. The van der Waals surface area contributed by atoms with Crippen LogP contribution in [0.3, 0.4) is 0 Å². The first kappa shape index (κ1) is 13.9. The lowest BCUT2D eigenvalue weighted by molar-refractivity contribution is 0.206. The maximum atomic E-state index is 3.51. The summed E-state index contributed by atoms with van der Waals surface area (Å²) in [5.74, 6) is 4.16. The zero-order valence-electron chi connectivity index (χ0n) is 12.9. The highest BCUT2D eigenvalue weighted by molar-refractivity contribution is 4.91. The van der Waals surface area contributed by atoms with Crippen molar-refractivity contribution < 1.29 is 0 Å². The third-order valence-electron chi connectivity index (χ3n) is 6.34. The topological polar surface area (TPSA) is 15.3 Å². The van der Waals surface area contributed by atoms with Crippen LogP contribution in [0.1, 0.15) is 51.4 Å². The highest BCUT2D eigenvalue weighted by Crippen LogP contribution is 2.48. The second-order valence-corrected chi connectivity index (χ2v) is 7.57. The number of fused-ring (bicyclic) bond motifs is 2. The number of rotatable bonds is 6. The Hall–Kier alpha value is -0.0800. The molecule has 0 aromatic carbocycles. The van der Waals surface area contributed by atoms with Crippen LogP contribution in [-0.2, 0) is 0 Å². The Morgan fingerprint density at radius 1 is 1.05 bits per heavy atom. The fourth-order valence-corrected chi connectivity index (χ4v) is 5.24. The second kappa shape index (κ2) is 6.13. The number of nitrogens with zero attached hydrogens (tertiary/aromatic N) is 1. The molecule has 2 heteroatoms. The molecule has 3 aliphatic rings. The summed E-state index contributed by atoms with van der Waals surface area (Å²) in [5, 5.41) is 3.51. The SMILES string of the molecule is CNC1CCCC1CCN(C)CC1CC2CCC1C2. The molecule has 0 spiro atoms. The first-order valence-electron chi connectivity index (χ1n) is 8.62. The summed E-state index contributed by atoms with van der Waals surface area (Å²) in [6.07, 6.45) is 11.9. The standard InChI is InChI=1S/C17H32N2/c1-18-17-5-3-4-14(17)8-9-19(2)12-16-11-13-6-7-15(16)10-13/h13-18H,3-12H2,1-2H3. The summed E-state index contributed by atoms with van der Waals surface area (Å²) in [5.41, 5.74) is 0. The van der Waals surface area contributed by atoms with Crippen molar-refractivity contribution in [3.8, 4) is 0 Å². The van der Waals surface area contributed by atoms with Gasteiger partial charge < -0.3 is 10.2 Å². The van der Waals surface area contributed by atoms with E-state index in [2.05, 4.69) is 24.3 Å². The van der Waals surface area contributed by atoms with Crippen molar-refractivity contribution in [3.05, 3.63) is 0 Å². The molecule has 2 bridgehead atoms. The first-order chi connectivity index (χ1) is 9.26. The van der Waals surface area contributed by atoms with Crippen molar-refractivity contribution >= 4 is 0 Å². The van der Waals surface area contributed by atoms with Crippen LogP contribution in [0.4, 0.5) is 0 Å². The molecule has 0 aromatic rings. The van der Waals surface area contributed by atoms with Crippen LogP contribution in [-0.4, -0.2) is 38.1 Å². The predicted octanol–water partition coefficient (Wildman–Crippen LogP) is 3.13. The first-order valence-corrected chi connectivity index (χ1v) is 8.62. The minimum Gasteiger partial charge on any atom is -0.317 e. The van der Waals surface area contributed by atoms with Crippen LogP contribution < -0.4 is 5.32 Å². The Morgan fingerprint density at radius 2 is 1.95 bits per heavy atom. The molecule has 2 nitrogen and oxygen atoms in total.